The van der Waals surface area contributed by atoms with Gasteiger partial charge in [0.2, 0.25) is 0 Å². The topological polar surface area (TPSA) is 121 Å². The van der Waals surface area contributed by atoms with Crippen LogP contribution >= 0.6 is 22.7 Å². The highest BCUT2D eigenvalue weighted by Gasteiger charge is 2.39. The fourth-order valence-electron chi connectivity index (χ4n) is 5.42. The number of nitrogens with zero attached hydrogens (tertiary/aromatic N) is 8. The Kier molecular flexibility index (Phi) is 15.3. The fourth-order valence-corrected chi connectivity index (χ4v) is 9.41. The summed E-state index contributed by atoms with van der Waals surface area (Å²) in [7, 11) is 3.09. The van der Waals surface area contributed by atoms with Crippen molar-refractivity contribution in [2.75, 3.05) is 58.8 Å². The van der Waals surface area contributed by atoms with Crippen LogP contribution in [0.4, 0.5) is 16.8 Å². The predicted octanol–water partition coefficient (Wildman–Crippen LogP) is 8.30. The molecule has 3 heterocycles. The minimum absolute atomic E-state index is 0.0133. The smallest absolute Gasteiger partial charge is 0.355 e. The molecule has 0 saturated heterocycles. The Balaban J connectivity index is 1.61. The summed E-state index contributed by atoms with van der Waals surface area (Å²) in [6.07, 6.45) is 1.67. The summed E-state index contributed by atoms with van der Waals surface area (Å²) in [5.41, 5.74) is 1.94. The molecular formula is C38H62N8O4S2Si2. The van der Waals surface area contributed by atoms with Gasteiger partial charge in [-0.25, -0.2) is 9.78 Å². The molecule has 0 aliphatic carbocycles. The second-order valence-electron chi connectivity index (χ2n) is 17.1. The number of hydrogen-bond acceptors (Lipinski definition) is 12. The Morgan fingerprint density at radius 1 is 1.06 bits per heavy atom. The average Bonchev–Trinajstić information content (AvgIpc) is 3.69. The van der Waals surface area contributed by atoms with Crippen LogP contribution in [0.15, 0.2) is 40.7 Å². The third-order valence-electron chi connectivity index (χ3n) is 9.79. The van der Waals surface area contributed by atoms with Gasteiger partial charge in [-0.1, -0.05) is 63.9 Å². The van der Waals surface area contributed by atoms with E-state index in [0.29, 0.717) is 36.6 Å². The molecule has 0 saturated carbocycles. The average molecular weight is 815 g/mol. The molecule has 0 bridgehead atoms. The summed E-state index contributed by atoms with van der Waals surface area (Å²) in [6, 6.07) is 11.3. The lowest BCUT2D eigenvalue weighted by Crippen LogP contribution is -2.47. The van der Waals surface area contributed by atoms with Crippen LogP contribution < -0.4 is 9.70 Å². The number of fused-ring (bicyclic) bond motifs is 1. The molecule has 298 valence electrons. The number of aromatic carboxylic acids is 1. The third-order valence-corrected chi connectivity index (χ3v) is 18.0. The van der Waals surface area contributed by atoms with Crippen molar-refractivity contribution in [1.29, 1.82) is 0 Å². The van der Waals surface area contributed by atoms with Crippen LogP contribution in [0.25, 0.3) is 10.2 Å². The Morgan fingerprint density at radius 2 is 1.78 bits per heavy atom. The van der Waals surface area contributed by atoms with E-state index in [4.69, 9.17) is 14.2 Å². The molecule has 0 amide bonds. The molecule has 0 fully saturated rings. The fraction of sp³-hybridized carbons (Fsp3) is 0.605. The van der Waals surface area contributed by atoms with Gasteiger partial charge in [0.25, 0.3) is 0 Å². The van der Waals surface area contributed by atoms with Crippen molar-refractivity contribution in [3.05, 3.63) is 51.8 Å². The lowest BCUT2D eigenvalue weighted by Gasteiger charge is -2.40. The van der Waals surface area contributed by atoms with Crippen molar-refractivity contribution in [2.24, 2.45) is 4.99 Å². The number of carboxylic acids is 1. The summed E-state index contributed by atoms with van der Waals surface area (Å²) in [6.45, 7) is 24.9. The number of carbonyl (C=O) groups is 1. The highest BCUT2D eigenvalue weighted by atomic mass is 32.1. The molecule has 3 aromatic heterocycles. The molecule has 54 heavy (non-hydrogen) atoms. The maximum atomic E-state index is 11.8. The Bertz CT molecular complexity index is 1900. The van der Waals surface area contributed by atoms with Crippen LogP contribution in [0.3, 0.4) is 0 Å². The van der Waals surface area contributed by atoms with Crippen molar-refractivity contribution in [3.8, 4) is 0 Å². The highest BCUT2D eigenvalue weighted by molar-refractivity contribution is 7.16. The lowest BCUT2D eigenvalue weighted by molar-refractivity contribution is 0.0691. The number of carboxylic acid groups (broad SMARTS) is 1. The van der Waals surface area contributed by atoms with E-state index in [-0.39, 0.29) is 16.8 Å². The van der Waals surface area contributed by atoms with Crippen LogP contribution in [-0.4, -0.2) is 117 Å². The van der Waals surface area contributed by atoms with Gasteiger partial charge in [0.1, 0.15) is 6.73 Å². The summed E-state index contributed by atoms with van der Waals surface area (Å²) in [5.74, 6) is 0.0650. The molecule has 16 heteroatoms. The van der Waals surface area contributed by atoms with Crippen LogP contribution in [0.5, 0.6) is 0 Å². The minimum atomic E-state index is -2.04. The van der Waals surface area contributed by atoms with Crippen molar-refractivity contribution in [2.45, 2.75) is 97.2 Å². The highest BCUT2D eigenvalue weighted by Crippen LogP contribution is 2.38. The van der Waals surface area contributed by atoms with E-state index in [1.54, 1.807) is 16.7 Å². The second kappa shape index (κ2) is 18.9. The number of aromatic nitrogens is 4. The first kappa shape index (κ1) is 43.9. The van der Waals surface area contributed by atoms with E-state index in [2.05, 4.69) is 116 Å². The summed E-state index contributed by atoms with van der Waals surface area (Å²) in [5, 5.41) is 21.2. The van der Waals surface area contributed by atoms with Gasteiger partial charge < -0.3 is 29.0 Å². The zero-order valence-corrected chi connectivity index (χ0v) is 38.1. The Labute approximate surface area is 332 Å². The normalized spacial score (nSPS) is 13.8. The number of anilines is 2. The number of ether oxygens (including phenoxy) is 1. The molecule has 0 spiro atoms. The van der Waals surface area contributed by atoms with Crippen molar-refractivity contribution in [3.63, 3.8) is 0 Å². The molecule has 0 aliphatic rings. The quantitative estimate of drug-likeness (QED) is 0.0689. The maximum Gasteiger partial charge on any atom is 0.355 e. The van der Waals surface area contributed by atoms with Gasteiger partial charge in [-0.2, -0.15) is 4.99 Å². The van der Waals surface area contributed by atoms with E-state index >= 15 is 0 Å². The van der Waals surface area contributed by atoms with Gasteiger partial charge in [-0.15, -0.1) is 21.5 Å². The second-order valence-corrected chi connectivity index (χ2v) is 29.4. The van der Waals surface area contributed by atoms with Gasteiger partial charge in [0, 0.05) is 46.2 Å². The predicted molar refractivity (Wildman–Crippen MR) is 229 cm³/mol. The molecule has 12 nitrogen and oxygen atoms in total. The van der Waals surface area contributed by atoms with Crippen molar-refractivity contribution in [1.82, 2.24) is 29.5 Å². The zero-order chi connectivity index (χ0) is 39.8. The van der Waals surface area contributed by atoms with Crippen molar-refractivity contribution < 1.29 is 19.1 Å². The van der Waals surface area contributed by atoms with E-state index in [9.17, 15) is 9.90 Å². The molecule has 1 N–H and O–H groups in total. The van der Waals surface area contributed by atoms with E-state index in [0.717, 1.165) is 59.1 Å². The molecule has 1 unspecified atom stereocenters. The number of hydrogen-bond donors (Lipinski definition) is 1. The summed E-state index contributed by atoms with van der Waals surface area (Å²) >= 11 is 2.89. The molecule has 0 radical (unpaired) electrons. The van der Waals surface area contributed by atoms with Crippen molar-refractivity contribution >= 4 is 72.0 Å². The SMILES string of the molecule is Cc1cc(N(CCCC(CN(C)CCN(C)C)O[Si](C)(C)C(C)(C)C)c2nc(C(=O)O)cs2)nnc1N=c1sc2ccccc2n1COCC[Si](C)(C)C. The first-order chi connectivity index (χ1) is 25.2. The molecule has 1 atom stereocenters. The lowest BCUT2D eigenvalue weighted by atomic mass is 10.2. The minimum Gasteiger partial charge on any atom is -0.476 e. The van der Waals surface area contributed by atoms with Gasteiger partial charge >= 0.3 is 5.97 Å². The van der Waals surface area contributed by atoms with E-state index in [1.807, 2.05) is 30.0 Å². The van der Waals surface area contributed by atoms with Crippen LogP contribution in [0.1, 0.15) is 49.7 Å². The standard InChI is InChI=1S/C38H62N8O4S2Si2/c1-28-24-33(41-42-34(28)40-37-46(27-49-22-23-53(8,9)10)31-17-13-14-18-32(31)52-37)45(36-39-30(26-51-36)35(47)48)19-15-16-29(25-44(7)21-20-43(5)6)50-54(11,12)38(2,3)4/h13-14,17-18,24,26,29H,15-16,19-23,25,27H2,1-12H3,(H,47,48). The number of aryl methyl sites for hydroxylation is 1. The zero-order valence-electron chi connectivity index (χ0n) is 34.5. The number of para-hydroxylation sites is 1. The van der Waals surface area contributed by atoms with E-state index < -0.39 is 22.4 Å². The largest absolute Gasteiger partial charge is 0.476 e. The molecular weight excluding hydrogens is 753 g/mol. The first-order valence-corrected chi connectivity index (χ1v) is 27.1. The van der Waals surface area contributed by atoms with Crippen LogP contribution in [0.2, 0.25) is 43.8 Å². The number of benzene rings is 1. The number of likely N-dealkylation sites (N-methyl/N-ethyl adjacent to an activating group) is 2. The van der Waals surface area contributed by atoms with Gasteiger partial charge in [0.05, 0.1) is 16.3 Å². The molecule has 0 aliphatic heterocycles. The Hall–Kier alpha value is -2.84. The first-order valence-electron chi connectivity index (χ1n) is 18.8. The van der Waals surface area contributed by atoms with Crippen LogP contribution in [0, 0.1) is 6.92 Å². The van der Waals surface area contributed by atoms with E-state index in [1.165, 1.54) is 11.3 Å². The third kappa shape index (κ3) is 12.6. The Morgan fingerprint density at radius 3 is 2.41 bits per heavy atom. The monoisotopic (exact) mass is 814 g/mol. The molecule has 4 aromatic rings. The summed E-state index contributed by atoms with van der Waals surface area (Å²) in [4.78, 5) is 28.6. The van der Waals surface area contributed by atoms with Gasteiger partial charge in [-0.05, 0) is 88.8 Å². The number of rotatable bonds is 20. The maximum absolute atomic E-state index is 11.8. The van der Waals surface area contributed by atoms with Crippen LogP contribution in [-0.2, 0) is 15.9 Å². The number of thiazole rings is 2. The van der Waals surface area contributed by atoms with Gasteiger partial charge in [-0.3, -0.25) is 4.57 Å². The molecule has 1 aromatic carbocycles. The molecule has 4 rings (SSSR count). The van der Waals surface area contributed by atoms with Gasteiger partial charge in [0.15, 0.2) is 35.6 Å². The summed E-state index contributed by atoms with van der Waals surface area (Å²) < 4.78 is 16.4.